The van der Waals surface area contributed by atoms with Gasteiger partial charge in [0, 0.05) is 24.7 Å². The Morgan fingerprint density at radius 3 is 2.44 bits per heavy atom. The van der Waals surface area contributed by atoms with Gasteiger partial charge in [0.2, 0.25) is 23.6 Å². The van der Waals surface area contributed by atoms with Gasteiger partial charge in [-0.25, -0.2) is 9.78 Å². The Labute approximate surface area is 188 Å². The van der Waals surface area contributed by atoms with E-state index in [2.05, 4.69) is 25.9 Å². The van der Waals surface area contributed by atoms with E-state index in [1.54, 1.807) is 0 Å². The van der Waals surface area contributed by atoms with Crippen molar-refractivity contribution >= 4 is 41.4 Å². The zero-order chi connectivity index (χ0) is 24.1. The van der Waals surface area contributed by atoms with Crippen LogP contribution < -0.4 is 27.4 Å². The van der Waals surface area contributed by atoms with Crippen molar-refractivity contribution in [1.82, 2.24) is 25.9 Å². The maximum absolute atomic E-state index is 12.6. The normalized spacial score (nSPS) is 13.4. The van der Waals surface area contributed by atoms with Crippen molar-refractivity contribution < 1.29 is 29.1 Å². The molecule has 1 aromatic rings. The summed E-state index contributed by atoms with van der Waals surface area (Å²) in [5.41, 5.74) is 11.3. The van der Waals surface area contributed by atoms with Gasteiger partial charge in [-0.15, -0.1) is 0 Å². The van der Waals surface area contributed by atoms with Gasteiger partial charge in [-0.3, -0.25) is 19.2 Å². The summed E-state index contributed by atoms with van der Waals surface area (Å²) in [7, 11) is 0. The second-order valence-corrected chi connectivity index (χ2v) is 7.90. The van der Waals surface area contributed by atoms with Gasteiger partial charge in [0.1, 0.15) is 12.1 Å². The molecule has 1 rings (SSSR count). The Hall–Kier alpha value is -3.13. The number of aromatic amines is 1. The minimum absolute atomic E-state index is 0.0679. The third kappa shape index (κ3) is 10.3. The maximum Gasteiger partial charge on any atom is 0.326 e. The molecule has 0 saturated heterocycles. The van der Waals surface area contributed by atoms with Gasteiger partial charge in [-0.05, 0) is 24.9 Å². The van der Waals surface area contributed by atoms with Crippen molar-refractivity contribution in [3.05, 3.63) is 18.2 Å². The highest BCUT2D eigenvalue weighted by Gasteiger charge is 2.27. The number of rotatable bonds is 15. The van der Waals surface area contributed by atoms with Crippen molar-refractivity contribution in [2.24, 2.45) is 11.5 Å². The Morgan fingerprint density at radius 1 is 1.16 bits per heavy atom. The molecule has 4 amide bonds. The highest BCUT2D eigenvalue weighted by atomic mass is 32.2. The molecule has 0 fully saturated rings. The number of hydrogen-bond donors (Lipinski definition) is 7. The first kappa shape index (κ1) is 26.9. The summed E-state index contributed by atoms with van der Waals surface area (Å²) in [4.78, 5) is 65.9. The minimum Gasteiger partial charge on any atom is -0.480 e. The predicted molar refractivity (Wildman–Crippen MR) is 116 cm³/mol. The lowest BCUT2D eigenvalue weighted by molar-refractivity contribution is -0.142. The number of nitrogens with two attached hydrogens (primary N) is 2. The van der Waals surface area contributed by atoms with Crippen LogP contribution in [0.15, 0.2) is 12.5 Å². The van der Waals surface area contributed by atoms with E-state index in [-0.39, 0.29) is 19.3 Å². The van der Waals surface area contributed by atoms with Crippen molar-refractivity contribution in [1.29, 1.82) is 0 Å². The molecule has 3 atom stereocenters. The SMILES string of the molecule is CSCCC(N)C(=O)NCC(=O)NC(CCC(N)=O)C(=O)NC(Cc1cnc[nH]1)C(=O)O. The summed E-state index contributed by atoms with van der Waals surface area (Å²) in [5, 5.41) is 16.5. The molecule has 0 aliphatic carbocycles. The Kier molecular flexibility index (Phi) is 11.8. The molecule has 0 bridgehead atoms. The van der Waals surface area contributed by atoms with Crippen molar-refractivity contribution in [2.75, 3.05) is 18.6 Å². The van der Waals surface area contributed by atoms with Crippen LogP contribution in [0.1, 0.15) is 25.0 Å². The molecule has 0 aromatic carbocycles. The third-order valence-electron chi connectivity index (χ3n) is 4.32. The highest BCUT2D eigenvalue weighted by Crippen LogP contribution is 2.03. The fourth-order valence-corrected chi connectivity index (χ4v) is 3.05. The number of aromatic nitrogens is 2. The van der Waals surface area contributed by atoms with E-state index < -0.39 is 54.3 Å². The molecule has 32 heavy (non-hydrogen) atoms. The lowest BCUT2D eigenvalue weighted by Crippen LogP contribution is -2.54. The number of aliphatic carboxylic acids is 1. The van der Waals surface area contributed by atoms with Gasteiger partial charge in [0.05, 0.1) is 18.9 Å². The van der Waals surface area contributed by atoms with Crippen LogP contribution in [0.2, 0.25) is 0 Å². The van der Waals surface area contributed by atoms with Crippen LogP contribution in [0.3, 0.4) is 0 Å². The van der Waals surface area contributed by atoms with Crippen molar-refractivity contribution in [3.63, 3.8) is 0 Å². The molecule has 0 radical (unpaired) electrons. The summed E-state index contributed by atoms with van der Waals surface area (Å²) in [5.74, 6) is -3.34. The Morgan fingerprint density at radius 2 is 1.88 bits per heavy atom. The third-order valence-corrected chi connectivity index (χ3v) is 4.96. The molecular weight excluding hydrogens is 442 g/mol. The van der Waals surface area contributed by atoms with E-state index in [4.69, 9.17) is 11.5 Å². The standard InChI is InChI=1S/C18H29N7O6S/c1-32-5-4-11(19)16(28)22-8-15(27)24-12(2-3-14(20)26)17(29)25-13(18(30)31)6-10-7-21-9-23-10/h7,9,11-13H,2-6,8,19H2,1H3,(H2,20,26)(H,21,23)(H,22,28)(H,24,27)(H,25,29)(H,30,31). The molecule has 3 unspecified atom stereocenters. The van der Waals surface area contributed by atoms with E-state index >= 15 is 0 Å². The number of nitrogens with one attached hydrogen (secondary N) is 4. The lowest BCUT2D eigenvalue weighted by Gasteiger charge is -2.21. The number of nitrogens with zero attached hydrogens (tertiary/aromatic N) is 1. The number of thioether (sulfide) groups is 1. The minimum atomic E-state index is -1.30. The Balaban J connectivity index is 2.71. The summed E-state index contributed by atoms with van der Waals surface area (Å²) >= 11 is 1.53. The second-order valence-electron chi connectivity index (χ2n) is 6.91. The molecule has 13 nitrogen and oxygen atoms in total. The van der Waals surface area contributed by atoms with Gasteiger partial charge >= 0.3 is 5.97 Å². The van der Waals surface area contributed by atoms with Crippen LogP contribution in [0.4, 0.5) is 0 Å². The van der Waals surface area contributed by atoms with Crippen LogP contribution in [0.5, 0.6) is 0 Å². The highest BCUT2D eigenvalue weighted by molar-refractivity contribution is 7.98. The van der Waals surface area contributed by atoms with Crippen molar-refractivity contribution in [3.8, 4) is 0 Å². The summed E-state index contributed by atoms with van der Waals surface area (Å²) < 4.78 is 0. The Bertz CT molecular complexity index is 789. The average molecular weight is 472 g/mol. The van der Waals surface area contributed by atoms with Gasteiger partial charge in [-0.2, -0.15) is 11.8 Å². The van der Waals surface area contributed by atoms with Crippen LogP contribution in [0.25, 0.3) is 0 Å². The van der Waals surface area contributed by atoms with E-state index in [1.165, 1.54) is 24.3 Å². The molecule has 14 heteroatoms. The smallest absolute Gasteiger partial charge is 0.326 e. The van der Waals surface area contributed by atoms with E-state index in [0.717, 1.165) is 0 Å². The van der Waals surface area contributed by atoms with Gasteiger partial charge in [-0.1, -0.05) is 0 Å². The molecule has 9 N–H and O–H groups in total. The van der Waals surface area contributed by atoms with Crippen LogP contribution >= 0.6 is 11.8 Å². The number of H-pyrrole nitrogens is 1. The van der Waals surface area contributed by atoms with Crippen LogP contribution in [-0.2, 0) is 30.4 Å². The van der Waals surface area contributed by atoms with Gasteiger partial charge < -0.3 is 37.5 Å². The first-order valence-electron chi connectivity index (χ1n) is 9.74. The van der Waals surface area contributed by atoms with E-state index in [9.17, 15) is 29.1 Å². The molecule has 0 aliphatic rings. The topological polar surface area (TPSA) is 222 Å². The van der Waals surface area contributed by atoms with Gasteiger partial charge in [0.25, 0.3) is 0 Å². The first-order chi connectivity index (χ1) is 15.1. The summed E-state index contributed by atoms with van der Waals surface area (Å²) in [6.45, 7) is -0.442. The number of imidazole rings is 1. The number of carboxylic acid groups (broad SMARTS) is 1. The molecule has 0 saturated carbocycles. The van der Waals surface area contributed by atoms with E-state index in [1.807, 2.05) is 6.26 Å². The fourth-order valence-electron chi connectivity index (χ4n) is 2.56. The molecule has 178 valence electrons. The number of carbonyl (C=O) groups excluding carboxylic acids is 4. The molecule has 0 spiro atoms. The molecule has 1 aromatic heterocycles. The largest absolute Gasteiger partial charge is 0.480 e. The number of amides is 4. The maximum atomic E-state index is 12.6. The number of primary amides is 1. The van der Waals surface area contributed by atoms with Gasteiger partial charge in [0.15, 0.2) is 0 Å². The van der Waals surface area contributed by atoms with Crippen LogP contribution in [0, 0.1) is 0 Å². The quantitative estimate of drug-likeness (QED) is 0.143. The predicted octanol–water partition coefficient (Wildman–Crippen LogP) is -2.53. The number of carboxylic acids is 1. The summed E-state index contributed by atoms with van der Waals surface area (Å²) in [6.07, 6.45) is 4.66. The fraction of sp³-hybridized carbons (Fsp3) is 0.556. The van der Waals surface area contributed by atoms with Crippen LogP contribution in [-0.4, -0.2) is 81.4 Å². The zero-order valence-corrected chi connectivity index (χ0v) is 18.4. The average Bonchev–Trinajstić information content (AvgIpc) is 3.25. The zero-order valence-electron chi connectivity index (χ0n) is 17.6. The monoisotopic (exact) mass is 471 g/mol. The lowest BCUT2D eigenvalue weighted by atomic mass is 10.1. The van der Waals surface area contributed by atoms with Crippen molar-refractivity contribution in [2.45, 2.75) is 43.8 Å². The second kappa shape index (κ2) is 14.0. The summed E-state index contributed by atoms with van der Waals surface area (Å²) in [6, 6.07) is -3.31. The molecule has 1 heterocycles. The number of carbonyl (C=O) groups is 5. The number of hydrogen-bond acceptors (Lipinski definition) is 8. The first-order valence-corrected chi connectivity index (χ1v) is 11.1. The molecule has 0 aliphatic heterocycles. The van der Waals surface area contributed by atoms with E-state index in [0.29, 0.717) is 17.9 Å². The molecular formula is C18H29N7O6S.